The summed E-state index contributed by atoms with van der Waals surface area (Å²) >= 11 is 0. The first-order chi connectivity index (χ1) is 27.3. The Morgan fingerprint density at radius 3 is 1.82 bits per heavy atom. The van der Waals surface area contributed by atoms with E-state index in [4.69, 9.17) is 4.42 Å². The van der Waals surface area contributed by atoms with Crippen LogP contribution in [0.1, 0.15) is 49.9 Å². The average Bonchev–Trinajstić information content (AvgIpc) is 3.81. The molecule has 2 nitrogen and oxygen atoms in total. The van der Waals surface area contributed by atoms with E-state index in [1.165, 1.54) is 61.3 Å². The summed E-state index contributed by atoms with van der Waals surface area (Å²) in [6.07, 6.45) is 0. The highest BCUT2D eigenvalue weighted by Gasteiger charge is 2.38. The zero-order chi connectivity index (χ0) is 37.8. The maximum absolute atomic E-state index is 6.57. The number of hydrogen-bond acceptors (Lipinski definition) is 2. The molecule has 0 fully saturated rings. The fourth-order valence-corrected chi connectivity index (χ4v) is 9.92. The van der Waals surface area contributed by atoms with E-state index in [2.05, 4.69) is 202 Å². The molecule has 1 heterocycles. The first kappa shape index (κ1) is 32.8. The van der Waals surface area contributed by atoms with Crippen molar-refractivity contribution >= 4 is 39.0 Å². The quantitative estimate of drug-likeness (QED) is 0.176. The Morgan fingerprint density at radius 1 is 0.393 bits per heavy atom. The van der Waals surface area contributed by atoms with Gasteiger partial charge in [-0.2, -0.15) is 0 Å². The normalized spacial score (nSPS) is 14.4. The van der Waals surface area contributed by atoms with E-state index in [-0.39, 0.29) is 10.8 Å². The zero-order valence-electron chi connectivity index (χ0n) is 32.1. The van der Waals surface area contributed by atoms with Crippen LogP contribution in [0.2, 0.25) is 0 Å². The Hall–Kier alpha value is -6.64. The predicted octanol–water partition coefficient (Wildman–Crippen LogP) is 15.0. The fraction of sp³-hybridized carbons (Fsp3) is 0.111. The van der Waals surface area contributed by atoms with Gasteiger partial charge in [-0.25, -0.2) is 0 Å². The van der Waals surface area contributed by atoms with Crippen LogP contribution in [0.3, 0.4) is 0 Å². The van der Waals surface area contributed by atoms with Crippen molar-refractivity contribution in [1.29, 1.82) is 0 Å². The van der Waals surface area contributed by atoms with Gasteiger partial charge < -0.3 is 9.32 Å². The number of hydrogen-bond donors (Lipinski definition) is 0. The molecule has 2 aliphatic rings. The molecule has 0 saturated heterocycles. The van der Waals surface area contributed by atoms with Gasteiger partial charge in [0.25, 0.3) is 0 Å². The van der Waals surface area contributed by atoms with Crippen molar-refractivity contribution in [2.45, 2.75) is 38.5 Å². The standard InChI is InChI=1S/C54H41NO/c1-53(2)44-24-9-5-19-39(44)43-33-35(30-31-46(43)53)37-18-7-11-27-48(37)55(49-28-15-26-47-51(49)42-21-6-10-25-45(42)54(47,3)4)36-17-13-16-34(32-36)38-22-14-23-41-40-20-8-12-29-50(40)56-52(38)41/h5-33H,1-4H3. The van der Waals surface area contributed by atoms with Gasteiger partial charge in [0.05, 0.1) is 11.4 Å². The molecule has 268 valence electrons. The molecule has 0 aliphatic heterocycles. The first-order valence-electron chi connectivity index (χ1n) is 19.7. The molecular formula is C54H41NO. The van der Waals surface area contributed by atoms with Crippen molar-refractivity contribution in [1.82, 2.24) is 0 Å². The minimum absolute atomic E-state index is 0.0517. The lowest BCUT2D eigenvalue weighted by Crippen LogP contribution is -2.16. The van der Waals surface area contributed by atoms with Crippen molar-refractivity contribution in [3.63, 3.8) is 0 Å². The third kappa shape index (κ3) is 4.62. The molecule has 0 spiro atoms. The van der Waals surface area contributed by atoms with Crippen molar-refractivity contribution < 1.29 is 4.42 Å². The van der Waals surface area contributed by atoms with Crippen molar-refractivity contribution in [2.24, 2.45) is 0 Å². The molecule has 0 atom stereocenters. The SMILES string of the molecule is CC1(C)c2ccccc2-c2cc(-c3ccccc3N(c3cccc(-c4cccc5c4oc4ccccc45)c3)c3cccc4c3-c3ccccc3C4(C)C)ccc21. The van der Waals surface area contributed by atoms with Gasteiger partial charge in [0.1, 0.15) is 11.2 Å². The molecule has 0 amide bonds. The smallest absolute Gasteiger partial charge is 0.143 e. The molecule has 9 aromatic rings. The average molecular weight is 720 g/mol. The molecule has 0 N–H and O–H groups in total. The molecule has 56 heavy (non-hydrogen) atoms. The Balaban J connectivity index is 1.16. The van der Waals surface area contributed by atoms with Crippen LogP contribution < -0.4 is 4.90 Å². The molecule has 0 saturated carbocycles. The van der Waals surface area contributed by atoms with Crippen LogP contribution in [0.15, 0.2) is 180 Å². The highest BCUT2D eigenvalue weighted by atomic mass is 16.3. The lowest BCUT2D eigenvalue weighted by Gasteiger charge is -2.31. The summed E-state index contributed by atoms with van der Waals surface area (Å²) in [7, 11) is 0. The second-order valence-corrected chi connectivity index (χ2v) is 16.5. The number of rotatable bonds is 5. The Morgan fingerprint density at radius 2 is 0.964 bits per heavy atom. The summed E-state index contributed by atoms with van der Waals surface area (Å²) < 4.78 is 6.57. The molecule has 2 aliphatic carbocycles. The monoisotopic (exact) mass is 719 g/mol. The number of para-hydroxylation sites is 3. The van der Waals surface area contributed by atoms with Gasteiger partial charge >= 0.3 is 0 Å². The predicted molar refractivity (Wildman–Crippen MR) is 234 cm³/mol. The van der Waals surface area contributed by atoms with Gasteiger partial charge in [-0.05, 0) is 86.5 Å². The maximum atomic E-state index is 6.57. The highest BCUT2D eigenvalue weighted by molar-refractivity contribution is 6.10. The topological polar surface area (TPSA) is 16.4 Å². The van der Waals surface area contributed by atoms with Crippen LogP contribution in [0.4, 0.5) is 17.1 Å². The largest absolute Gasteiger partial charge is 0.455 e. The molecule has 11 rings (SSSR count). The Labute approximate surface area is 328 Å². The number of nitrogens with zero attached hydrogens (tertiary/aromatic N) is 1. The van der Waals surface area contributed by atoms with Gasteiger partial charge in [-0.1, -0.05) is 167 Å². The third-order valence-corrected chi connectivity index (χ3v) is 12.7. The van der Waals surface area contributed by atoms with E-state index in [0.717, 1.165) is 44.4 Å². The van der Waals surface area contributed by atoms with Gasteiger partial charge in [0, 0.05) is 44.0 Å². The van der Waals surface area contributed by atoms with Crippen LogP contribution in [-0.4, -0.2) is 0 Å². The summed E-state index contributed by atoms with van der Waals surface area (Å²) in [5.74, 6) is 0. The van der Waals surface area contributed by atoms with E-state index < -0.39 is 0 Å². The van der Waals surface area contributed by atoms with E-state index in [1.54, 1.807) is 0 Å². The fourth-order valence-electron chi connectivity index (χ4n) is 9.92. The Kier molecular flexibility index (Phi) is 6.98. The second kappa shape index (κ2) is 11.9. The molecule has 8 aromatic carbocycles. The highest BCUT2D eigenvalue weighted by Crippen LogP contribution is 2.56. The summed E-state index contributed by atoms with van der Waals surface area (Å²) in [6, 6.07) is 64.6. The summed E-state index contributed by atoms with van der Waals surface area (Å²) in [4.78, 5) is 2.50. The zero-order valence-corrected chi connectivity index (χ0v) is 32.1. The van der Waals surface area contributed by atoms with Gasteiger partial charge in [-0.15, -0.1) is 0 Å². The summed E-state index contributed by atoms with van der Waals surface area (Å²) in [6.45, 7) is 9.42. The van der Waals surface area contributed by atoms with Crippen molar-refractivity contribution in [3.8, 4) is 44.5 Å². The van der Waals surface area contributed by atoms with E-state index in [9.17, 15) is 0 Å². The lowest BCUT2D eigenvalue weighted by atomic mass is 9.82. The van der Waals surface area contributed by atoms with Crippen LogP contribution in [0, 0.1) is 0 Å². The summed E-state index contributed by atoms with van der Waals surface area (Å²) in [5, 5.41) is 2.27. The molecule has 0 unspecified atom stereocenters. The second-order valence-electron chi connectivity index (χ2n) is 16.5. The van der Waals surface area contributed by atoms with E-state index in [0.29, 0.717) is 0 Å². The molecular weight excluding hydrogens is 679 g/mol. The molecule has 0 bridgehead atoms. The maximum Gasteiger partial charge on any atom is 0.143 e. The molecule has 1 aromatic heterocycles. The van der Waals surface area contributed by atoms with Crippen LogP contribution in [0.25, 0.3) is 66.4 Å². The number of benzene rings is 8. The lowest BCUT2D eigenvalue weighted by molar-refractivity contribution is 0.660. The van der Waals surface area contributed by atoms with Gasteiger partial charge in [0.15, 0.2) is 0 Å². The third-order valence-electron chi connectivity index (χ3n) is 12.7. The van der Waals surface area contributed by atoms with E-state index >= 15 is 0 Å². The number of anilines is 3. The summed E-state index contributed by atoms with van der Waals surface area (Å²) in [5.41, 5.74) is 20.3. The van der Waals surface area contributed by atoms with Gasteiger partial charge in [0.2, 0.25) is 0 Å². The van der Waals surface area contributed by atoms with Gasteiger partial charge in [-0.3, -0.25) is 0 Å². The van der Waals surface area contributed by atoms with Crippen LogP contribution in [0.5, 0.6) is 0 Å². The van der Waals surface area contributed by atoms with Crippen molar-refractivity contribution in [3.05, 3.63) is 198 Å². The molecule has 2 heteroatoms. The molecule has 0 radical (unpaired) electrons. The Bertz CT molecular complexity index is 3050. The first-order valence-corrected chi connectivity index (χ1v) is 19.7. The van der Waals surface area contributed by atoms with Crippen LogP contribution in [-0.2, 0) is 10.8 Å². The number of fused-ring (bicyclic) bond motifs is 9. The number of furan rings is 1. The minimum Gasteiger partial charge on any atom is -0.455 e. The van der Waals surface area contributed by atoms with Crippen LogP contribution >= 0.6 is 0 Å². The van der Waals surface area contributed by atoms with E-state index in [1.807, 2.05) is 6.07 Å². The minimum atomic E-state index is -0.133. The van der Waals surface area contributed by atoms with Crippen molar-refractivity contribution in [2.75, 3.05) is 4.90 Å².